The topological polar surface area (TPSA) is 103 Å². The molecule has 0 aromatic heterocycles. The van der Waals surface area contributed by atoms with E-state index in [0.29, 0.717) is 26.1 Å². The molecule has 0 aliphatic rings. The molecule has 152 valence electrons. The lowest BCUT2D eigenvalue weighted by Gasteiger charge is -2.09. The SMILES string of the molecule is CC.CC(=O)COCCNC(=O)COCCNC(=O)CCOC(C)C.[HH].[HH]. The summed E-state index contributed by atoms with van der Waals surface area (Å²) in [5.41, 5.74) is 0. The molecule has 0 aromatic rings. The van der Waals surface area contributed by atoms with E-state index in [4.69, 9.17) is 14.2 Å². The van der Waals surface area contributed by atoms with E-state index in [1.54, 1.807) is 0 Å². The highest BCUT2D eigenvalue weighted by atomic mass is 16.5. The highest BCUT2D eigenvalue weighted by Gasteiger charge is 2.03. The minimum atomic E-state index is -0.270. The van der Waals surface area contributed by atoms with Crippen LogP contribution < -0.4 is 10.6 Å². The molecule has 0 fully saturated rings. The zero-order chi connectivity index (χ0) is 19.5. The number of hydrogen-bond acceptors (Lipinski definition) is 6. The van der Waals surface area contributed by atoms with E-state index in [9.17, 15) is 14.4 Å². The normalized spacial score (nSPS) is 10.0. The Morgan fingerprint density at radius 2 is 1.40 bits per heavy atom. The van der Waals surface area contributed by atoms with Gasteiger partial charge in [0.05, 0.1) is 25.9 Å². The van der Waals surface area contributed by atoms with Gasteiger partial charge in [0.1, 0.15) is 13.2 Å². The fourth-order valence-electron chi connectivity index (χ4n) is 1.43. The average molecular weight is 366 g/mol. The van der Waals surface area contributed by atoms with E-state index in [1.165, 1.54) is 6.92 Å². The number of hydrogen-bond donors (Lipinski definition) is 2. The van der Waals surface area contributed by atoms with Gasteiger partial charge in [0.15, 0.2) is 5.78 Å². The number of Topliss-reactive ketones (excluding diaryl/α,β-unsaturated/α-hetero) is 1. The quantitative estimate of drug-likeness (QED) is 0.447. The zero-order valence-electron chi connectivity index (χ0n) is 16.2. The molecule has 8 nitrogen and oxygen atoms in total. The van der Waals surface area contributed by atoms with Gasteiger partial charge in [-0.2, -0.15) is 0 Å². The van der Waals surface area contributed by atoms with Crippen LogP contribution in [0.4, 0.5) is 0 Å². The Balaban J connectivity index is -0.000000637. The number of carbonyl (C=O) groups is 3. The van der Waals surface area contributed by atoms with Crippen molar-refractivity contribution in [1.29, 1.82) is 0 Å². The van der Waals surface area contributed by atoms with Gasteiger partial charge in [0, 0.05) is 22.4 Å². The molecule has 0 bridgehead atoms. The highest BCUT2D eigenvalue weighted by Crippen LogP contribution is 1.90. The number of ketones is 1. The summed E-state index contributed by atoms with van der Waals surface area (Å²) in [7, 11) is 0. The maximum atomic E-state index is 11.4. The van der Waals surface area contributed by atoms with Crippen molar-refractivity contribution < 1.29 is 31.4 Å². The van der Waals surface area contributed by atoms with E-state index in [-0.39, 0.29) is 53.0 Å². The first-order chi connectivity index (χ1) is 11.9. The molecular weight excluding hydrogens is 328 g/mol. The van der Waals surface area contributed by atoms with Crippen LogP contribution in [-0.4, -0.2) is 69.8 Å². The third kappa shape index (κ3) is 22.5. The third-order valence-corrected chi connectivity index (χ3v) is 2.46. The van der Waals surface area contributed by atoms with Crippen molar-refractivity contribution in [2.24, 2.45) is 0 Å². The minimum Gasteiger partial charge on any atom is -0.378 e. The standard InChI is InChI=1S/C15H28N2O6.C2H6.2H2/c1-12(2)23-7-4-14(19)16-5-9-22-11-15(20)17-6-8-21-10-13(3)18;1-2;;/h12H,4-11H2,1-3H3,(H,16,19)(H,17,20);1-2H3;2*1H. The number of nitrogens with one attached hydrogen (secondary N) is 2. The minimum absolute atomic E-state index is 0. The smallest absolute Gasteiger partial charge is 0.246 e. The Kier molecular flexibility index (Phi) is 19.4. The first-order valence-corrected chi connectivity index (χ1v) is 8.71. The van der Waals surface area contributed by atoms with Crippen LogP contribution >= 0.6 is 0 Å². The molecule has 0 spiro atoms. The lowest BCUT2D eigenvalue weighted by molar-refractivity contribution is -0.126. The summed E-state index contributed by atoms with van der Waals surface area (Å²) in [6.07, 6.45) is 0.413. The van der Waals surface area contributed by atoms with Gasteiger partial charge in [-0.05, 0) is 20.8 Å². The zero-order valence-corrected chi connectivity index (χ0v) is 16.2. The molecule has 0 aliphatic heterocycles. The molecule has 0 radical (unpaired) electrons. The molecule has 2 N–H and O–H groups in total. The molecule has 0 aliphatic carbocycles. The van der Waals surface area contributed by atoms with Crippen molar-refractivity contribution in [2.75, 3.05) is 46.1 Å². The Bertz CT molecular complexity index is 371. The number of ether oxygens (including phenoxy) is 3. The van der Waals surface area contributed by atoms with Crippen LogP contribution in [0, 0.1) is 0 Å². The molecule has 0 heterocycles. The molecule has 0 saturated carbocycles. The summed E-state index contributed by atoms with van der Waals surface area (Å²) in [5, 5.41) is 5.26. The van der Waals surface area contributed by atoms with Crippen molar-refractivity contribution in [1.82, 2.24) is 10.6 Å². The lowest BCUT2D eigenvalue weighted by atomic mass is 10.4. The largest absolute Gasteiger partial charge is 0.378 e. The van der Waals surface area contributed by atoms with E-state index in [0.717, 1.165) is 0 Å². The van der Waals surface area contributed by atoms with E-state index < -0.39 is 0 Å². The van der Waals surface area contributed by atoms with E-state index in [1.807, 2.05) is 27.7 Å². The summed E-state index contributed by atoms with van der Waals surface area (Å²) in [4.78, 5) is 33.4. The molecule has 0 atom stereocenters. The van der Waals surface area contributed by atoms with Gasteiger partial charge in [0.2, 0.25) is 11.8 Å². The van der Waals surface area contributed by atoms with Crippen molar-refractivity contribution in [3.05, 3.63) is 0 Å². The molecule has 8 heteroatoms. The summed E-state index contributed by atoms with van der Waals surface area (Å²) in [5.74, 6) is -0.438. The molecule has 25 heavy (non-hydrogen) atoms. The second kappa shape index (κ2) is 18.8. The molecule has 0 saturated heterocycles. The fourth-order valence-corrected chi connectivity index (χ4v) is 1.43. The van der Waals surface area contributed by atoms with Crippen molar-refractivity contribution in [2.45, 2.75) is 47.1 Å². The highest BCUT2D eigenvalue weighted by molar-refractivity contribution is 5.77. The van der Waals surface area contributed by atoms with Gasteiger partial charge in [-0.25, -0.2) is 0 Å². The van der Waals surface area contributed by atoms with Gasteiger partial charge in [-0.1, -0.05) is 13.8 Å². The van der Waals surface area contributed by atoms with Crippen LogP contribution in [0.3, 0.4) is 0 Å². The fraction of sp³-hybridized carbons (Fsp3) is 0.824. The Morgan fingerprint density at radius 1 is 0.880 bits per heavy atom. The maximum absolute atomic E-state index is 11.4. The first kappa shape index (κ1) is 25.7. The van der Waals surface area contributed by atoms with Crippen LogP contribution in [0.2, 0.25) is 0 Å². The van der Waals surface area contributed by atoms with Crippen molar-refractivity contribution in [3.8, 4) is 0 Å². The third-order valence-electron chi connectivity index (χ3n) is 2.46. The molecule has 0 aromatic carbocycles. The molecule has 2 amide bonds. The van der Waals surface area contributed by atoms with Crippen molar-refractivity contribution in [3.63, 3.8) is 0 Å². The number of rotatable bonds is 14. The predicted octanol–water partition coefficient (Wildman–Crippen LogP) is 1.17. The summed E-state index contributed by atoms with van der Waals surface area (Å²) in [6.45, 7) is 10.8. The predicted molar refractivity (Wildman–Crippen MR) is 99.6 cm³/mol. The first-order valence-electron chi connectivity index (χ1n) is 8.71. The maximum Gasteiger partial charge on any atom is 0.246 e. The lowest BCUT2D eigenvalue weighted by Crippen LogP contribution is -2.33. The summed E-state index contributed by atoms with van der Waals surface area (Å²) in [6, 6.07) is 0. The monoisotopic (exact) mass is 366 g/mol. The van der Waals surface area contributed by atoms with Crippen LogP contribution in [0.5, 0.6) is 0 Å². The van der Waals surface area contributed by atoms with Crippen LogP contribution in [-0.2, 0) is 28.6 Å². The number of amides is 2. The molecule has 0 rings (SSSR count). The second-order valence-electron chi connectivity index (χ2n) is 5.18. The average Bonchev–Trinajstić information content (AvgIpc) is 2.55. The van der Waals surface area contributed by atoms with E-state index >= 15 is 0 Å². The second-order valence-corrected chi connectivity index (χ2v) is 5.18. The Morgan fingerprint density at radius 3 is 1.92 bits per heavy atom. The van der Waals surface area contributed by atoms with Gasteiger partial charge < -0.3 is 24.8 Å². The van der Waals surface area contributed by atoms with Gasteiger partial charge in [-0.15, -0.1) is 0 Å². The van der Waals surface area contributed by atoms with Crippen LogP contribution in [0.1, 0.15) is 43.9 Å². The van der Waals surface area contributed by atoms with Crippen LogP contribution in [0.15, 0.2) is 0 Å². The Hall–Kier alpha value is -1.51. The summed E-state index contributed by atoms with van der Waals surface area (Å²) >= 11 is 0. The van der Waals surface area contributed by atoms with Gasteiger partial charge in [0.25, 0.3) is 0 Å². The van der Waals surface area contributed by atoms with E-state index in [2.05, 4.69) is 10.6 Å². The van der Waals surface area contributed by atoms with Crippen LogP contribution in [0.25, 0.3) is 0 Å². The molecular formula is C17H38N2O6. The summed E-state index contributed by atoms with van der Waals surface area (Å²) < 4.78 is 15.4. The van der Waals surface area contributed by atoms with Gasteiger partial charge in [-0.3, -0.25) is 14.4 Å². The van der Waals surface area contributed by atoms with Crippen molar-refractivity contribution >= 4 is 17.6 Å². The Labute approximate surface area is 153 Å². The number of carbonyl (C=O) groups excluding carboxylic acids is 3. The van der Waals surface area contributed by atoms with Gasteiger partial charge >= 0.3 is 0 Å². The molecule has 0 unspecified atom stereocenters.